The van der Waals surface area contributed by atoms with E-state index in [0.29, 0.717) is 22.8 Å². The van der Waals surface area contributed by atoms with Crippen molar-refractivity contribution in [1.29, 1.82) is 0 Å². The van der Waals surface area contributed by atoms with E-state index in [2.05, 4.69) is 4.98 Å². The second-order valence-electron chi connectivity index (χ2n) is 3.22. The first kappa shape index (κ1) is 10.2. The minimum atomic E-state index is -0.253. The standard InChI is InChI=1S/C11H9ClFNO/c1-7-2-3-8(4-9(7)13)10-6-14-11(5-12)15-10/h2-4,6H,5H2,1H3. The van der Waals surface area contributed by atoms with E-state index in [-0.39, 0.29) is 11.7 Å². The second-order valence-corrected chi connectivity index (χ2v) is 3.48. The molecule has 0 saturated heterocycles. The molecule has 0 unspecified atom stereocenters. The first-order chi connectivity index (χ1) is 7.20. The summed E-state index contributed by atoms with van der Waals surface area (Å²) in [4.78, 5) is 3.94. The van der Waals surface area contributed by atoms with Gasteiger partial charge in [0.25, 0.3) is 0 Å². The van der Waals surface area contributed by atoms with Crippen LogP contribution in [0.2, 0.25) is 0 Å². The average molecular weight is 226 g/mol. The smallest absolute Gasteiger partial charge is 0.209 e. The zero-order chi connectivity index (χ0) is 10.8. The van der Waals surface area contributed by atoms with Gasteiger partial charge in [-0.15, -0.1) is 11.6 Å². The monoisotopic (exact) mass is 225 g/mol. The van der Waals surface area contributed by atoms with Crippen LogP contribution in [0.5, 0.6) is 0 Å². The van der Waals surface area contributed by atoms with Gasteiger partial charge in [0.2, 0.25) is 5.89 Å². The summed E-state index contributed by atoms with van der Waals surface area (Å²) in [6.07, 6.45) is 1.54. The van der Waals surface area contributed by atoms with Gasteiger partial charge in [0, 0.05) is 5.56 Å². The molecule has 0 aliphatic heterocycles. The molecule has 0 atom stereocenters. The van der Waals surface area contributed by atoms with Crippen molar-refractivity contribution in [2.75, 3.05) is 0 Å². The molecule has 2 nitrogen and oxygen atoms in total. The Hall–Kier alpha value is -1.35. The van der Waals surface area contributed by atoms with Crippen molar-refractivity contribution in [2.24, 2.45) is 0 Å². The van der Waals surface area contributed by atoms with Crippen molar-refractivity contribution in [3.05, 3.63) is 41.7 Å². The highest BCUT2D eigenvalue weighted by atomic mass is 35.5. The number of benzene rings is 1. The van der Waals surface area contributed by atoms with Crippen LogP contribution in [0.25, 0.3) is 11.3 Å². The topological polar surface area (TPSA) is 26.0 Å². The third-order valence-electron chi connectivity index (χ3n) is 2.12. The highest BCUT2D eigenvalue weighted by Crippen LogP contribution is 2.22. The predicted molar refractivity (Wildman–Crippen MR) is 56.2 cm³/mol. The van der Waals surface area contributed by atoms with Crippen LogP contribution in [0.1, 0.15) is 11.5 Å². The molecule has 1 aromatic carbocycles. The lowest BCUT2D eigenvalue weighted by atomic mass is 10.1. The highest BCUT2D eigenvalue weighted by Gasteiger charge is 2.07. The van der Waals surface area contributed by atoms with Gasteiger partial charge in [-0.05, 0) is 18.6 Å². The molecular formula is C11H9ClFNO. The van der Waals surface area contributed by atoms with Crippen LogP contribution in [0.15, 0.2) is 28.8 Å². The maximum Gasteiger partial charge on any atom is 0.209 e. The third-order valence-corrected chi connectivity index (χ3v) is 2.35. The van der Waals surface area contributed by atoms with Crippen molar-refractivity contribution >= 4 is 11.6 Å². The van der Waals surface area contributed by atoms with E-state index in [1.807, 2.05) is 0 Å². The van der Waals surface area contributed by atoms with Crippen LogP contribution < -0.4 is 0 Å². The van der Waals surface area contributed by atoms with Gasteiger partial charge in [0.15, 0.2) is 5.76 Å². The lowest BCUT2D eigenvalue weighted by Crippen LogP contribution is -1.82. The van der Waals surface area contributed by atoms with Crippen LogP contribution in [0, 0.1) is 12.7 Å². The number of alkyl halides is 1. The molecule has 78 valence electrons. The Morgan fingerprint density at radius 3 is 2.87 bits per heavy atom. The molecule has 0 bridgehead atoms. The van der Waals surface area contributed by atoms with Crippen molar-refractivity contribution in [1.82, 2.24) is 4.98 Å². The van der Waals surface area contributed by atoms with E-state index < -0.39 is 0 Å². The SMILES string of the molecule is Cc1ccc(-c2cnc(CCl)o2)cc1F. The molecule has 1 heterocycles. The first-order valence-corrected chi connectivity index (χ1v) is 5.01. The minimum Gasteiger partial charge on any atom is -0.439 e. The molecule has 0 aliphatic rings. The number of nitrogens with zero attached hydrogens (tertiary/aromatic N) is 1. The van der Waals surface area contributed by atoms with Gasteiger partial charge in [-0.25, -0.2) is 9.37 Å². The Labute approximate surface area is 91.7 Å². The van der Waals surface area contributed by atoms with Crippen LogP contribution in [0.4, 0.5) is 4.39 Å². The number of halogens is 2. The average Bonchev–Trinajstić information content (AvgIpc) is 2.70. The number of aromatic nitrogens is 1. The fourth-order valence-electron chi connectivity index (χ4n) is 1.25. The third kappa shape index (κ3) is 2.02. The summed E-state index contributed by atoms with van der Waals surface area (Å²) in [5.74, 6) is 0.933. The molecule has 1 aromatic heterocycles. The number of rotatable bonds is 2. The van der Waals surface area contributed by atoms with Crippen molar-refractivity contribution in [3.8, 4) is 11.3 Å². The predicted octanol–water partition coefficient (Wildman–Crippen LogP) is 3.53. The maximum atomic E-state index is 13.3. The second kappa shape index (κ2) is 4.03. The van der Waals surface area contributed by atoms with E-state index in [0.717, 1.165) is 0 Å². The van der Waals surface area contributed by atoms with Crippen LogP contribution in [-0.4, -0.2) is 4.98 Å². The molecule has 0 radical (unpaired) electrons. The number of hydrogen-bond donors (Lipinski definition) is 0. The Kier molecular flexibility index (Phi) is 2.73. The summed E-state index contributed by atoms with van der Waals surface area (Å²) in [5.41, 5.74) is 1.28. The zero-order valence-electron chi connectivity index (χ0n) is 8.13. The first-order valence-electron chi connectivity index (χ1n) is 4.48. The van der Waals surface area contributed by atoms with Crippen molar-refractivity contribution in [2.45, 2.75) is 12.8 Å². The molecule has 4 heteroatoms. The summed E-state index contributed by atoms with van der Waals surface area (Å²) in [5, 5.41) is 0. The molecule has 0 amide bonds. The number of aryl methyl sites for hydroxylation is 1. The van der Waals surface area contributed by atoms with E-state index in [1.54, 1.807) is 25.3 Å². The highest BCUT2D eigenvalue weighted by molar-refractivity contribution is 6.16. The molecule has 0 N–H and O–H groups in total. The van der Waals surface area contributed by atoms with Gasteiger partial charge < -0.3 is 4.42 Å². The molecule has 2 aromatic rings. The van der Waals surface area contributed by atoms with Crippen molar-refractivity contribution in [3.63, 3.8) is 0 Å². The summed E-state index contributed by atoms with van der Waals surface area (Å²) < 4.78 is 18.6. The summed E-state index contributed by atoms with van der Waals surface area (Å²) in [6, 6.07) is 4.92. The number of oxazole rings is 1. The van der Waals surface area contributed by atoms with E-state index in [9.17, 15) is 4.39 Å². The Morgan fingerprint density at radius 1 is 1.47 bits per heavy atom. The van der Waals surface area contributed by atoms with E-state index in [1.165, 1.54) is 6.07 Å². The zero-order valence-corrected chi connectivity index (χ0v) is 8.88. The fraction of sp³-hybridized carbons (Fsp3) is 0.182. The number of hydrogen-bond acceptors (Lipinski definition) is 2. The van der Waals surface area contributed by atoms with Gasteiger partial charge in [-0.2, -0.15) is 0 Å². The van der Waals surface area contributed by atoms with Gasteiger partial charge in [-0.3, -0.25) is 0 Å². The Morgan fingerprint density at radius 2 is 2.27 bits per heavy atom. The summed E-state index contributed by atoms with van der Waals surface area (Å²) >= 11 is 5.55. The quantitative estimate of drug-likeness (QED) is 0.731. The van der Waals surface area contributed by atoms with Crippen LogP contribution >= 0.6 is 11.6 Å². The maximum absolute atomic E-state index is 13.3. The fourth-order valence-corrected chi connectivity index (χ4v) is 1.38. The molecular weight excluding hydrogens is 217 g/mol. The van der Waals surface area contributed by atoms with E-state index >= 15 is 0 Å². The van der Waals surface area contributed by atoms with Gasteiger partial charge in [-0.1, -0.05) is 12.1 Å². The Balaban J connectivity index is 2.40. The lowest BCUT2D eigenvalue weighted by molar-refractivity contribution is 0.528. The largest absolute Gasteiger partial charge is 0.439 e. The molecule has 2 rings (SSSR count). The molecule has 0 aliphatic carbocycles. The van der Waals surface area contributed by atoms with Gasteiger partial charge in [0.1, 0.15) is 5.82 Å². The molecule has 15 heavy (non-hydrogen) atoms. The molecule has 0 saturated carbocycles. The van der Waals surface area contributed by atoms with Crippen LogP contribution in [-0.2, 0) is 5.88 Å². The summed E-state index contributed by atoms with van der Waals surface area (Å²) in [6.45, 7) is 1.71. The van der Waals surface area contributed by atoms with E-state index in [4.69, 9.17) is 16.0 Å². The van der Waals surface area contributed by atoms with Gasteiger partial charge in [0.05, 0.1) is 12.1 Å². The molecule has 0 fully saturated rings. The normalized spacial score (nSPS) is 10.6. The van der Waals surface area contributed by atoms with Crippen LogP contribution in [0.3, 0.4) is 0 Å². The molecule has 0 spiro atoms. The van der Waals surface area contributed by atoms with Crippen molar-refractivity contribution < 1.29 is 8.81 Å². The Bertz CT molecular complexity index is 481. The minimum absolute atomic E-state index is 0.217. The lowest BCUT2D eigenvalue weighted by Gasteiger charge is -1.98. The van der Waals surface area contributed by atoms with Gasteiger partial charge >= 0.3 is 0 Å². The summed E-state index contributed by atoms with van der Waals surface area (Å²) in [7, 11) is 0.